The van der Waals surface area contributed by atoms with Crippen LogP contribution in [0, 0.1) is 0 Å². The molecule has 0 spiro atoms. The predicted molar refractivity (Wildman–Crippen MR) is 46.1 cm³/mol. The monoisotopic (exact) mass is 203 g/mol. The Kier molecular flexibility index (Phi) is 2.78. The highest BCUT2D eigenvalue weighted by Crippen LogP contribution is 2.19. The summed E-state index contributed by atoms with van der Waals surface area (Å²) in [6, 6.07) is 5.11. The molecular formula is C9H8F3NO. The Morgan fingerprint density at radius 1 is 1.21 bits per heavy atom. The molecule has 1 N–H and O–H groups in total. The van der Waals surface area contributed by atoms with E-state index in [9.17, 15) is 18.0 Å². The molecule has 0 fully saturated rings. The second-order valence-electron chi connectivity index (χ2n) is 2.76. The van der Waals surface area contributed by atoms with Crippen LogP contribution in [0.4, 0.5) is 18.9 Å². The van der Waals surface area contributed by atoms with Gasteiger partial charge in [0.2, 0.25) is 0 Å². The van der Waals surface area contributed by atoms with Crippen LogP contribution in [0.3, 0.4) is 0 Å². The fourth-order valence-electron chi connectivity index (χ4n) is 0.952. The SMILES string of the molecule is CC(=O)c1ccc(NC(F)(F)F)cc1. The highest BCUT2D eigenvalue weighted by Gasteiger charge is 2.26. The van der Waals surface area contributed by atoms with Gasteiger partial charge in [0.25, 0.3) is 0 Å². The normalized spacial score (nSPS) is 11.1. The molecule has 1 aromatic rings. The zero-order valence-corrected chi connectivity index (χ0v) is 7.35. The van der Waals surface area contributed by atoms with Crippen LogP contribution in [0.25, 0.3) is 0 Å². The summed E-state index contributed by atoms with van der Waals surface area (Å²) in [5.74, 6) is -0.177. The van der Waals surface area contributed by atoms with Crippen molar-refractivity contribution in [2.45, 2.75) is 13.2 Å². The lowest BCUT2D eigenvalue weighted by Gasteiger charge is -2.09. The smallest absolute Gasteiger partial charge is 0.298 e. The van der Waals surface area contributed by atoms with Gasteiger partial charge in [-0.25, -0.2) is 0 Å². The van der Waals surface area contributed by atoms with Crippen molar-refractivity contribution < 1.29 is 18.0 Å². The Balaban J connectivity index is 2.79. The Bertz CT molecular complexity index is 329. The average molecular weight is 203 g/mol. The van der Waals surface area contributed by atoms with Crippen LogP contribution in [0.2, 0.25) is 0 Å². The van der Waals surface area contributed by atoms with Crippen LogP contribution in [0.15, 0.2) is 24.3 Å². The van der Waals surface area contributed by atoms with Crippen LogP contribution >= 0.6 is 0 Å². The number of Topliss-reactive ketones (excluding diaryl/α,β-unsaturated/α-hetero) is 1. The van der Waals surface area contributed by atoms with Gasteiger partial charge in [0, 0.05) is 11.3 Å². The number of rotatable bonds is 2. The molecule has 0 aromatic heterocycles. The largest absolute Gasteiger partial charge is 0.482 e. The minimum Gasteiger partial charge on any atom is -0.298 e. The number of carbonyl (C=O) groups is 1. The van der Waals surface area contributed by atoms with Gasteiger partial charge in [0.1, 0.15) is 0 Å². The molecule has 1 aromatic carbocycles. The molecule has 0 aliphatic heterocycles. The van der Waals surface area contributed by atoms with E-state index in [1.807, 2.05) is 0 Å². The minimum atomic E-state index is -4.45. The molecule has 14 heavy (non-hydrogen) atoms. The van der Waals surface area contributed by atoms with E-state index in [0.29, 0.717) is 5.56 Å². The van der Waals surface area contributed by atoms with E-state index in [-0.39, 0.29) is 11.5 Å². The Labute approximate surface area is 78.7 Å². The van der Waals surface area contributed by atoms with Gasteiger partial charge >= 0.3 is 6.30 Å². The summed E-state index contributed by atoms with van der Waals surface area (Å²) in [6.07, 6.45) is -4.45. The van der Waals surface area contributed by atoms with Gasteiger partial charge in [0.15, 0.2) is 5.78 Å². The van der Waals surface area contributed by atoms with E-state index in [1.54, 1.807) is 0 Å². The van der Waals surface area contributed by atoms with Crippen LogP contribution in [0.5, 0.6) is 0 Å². The van der Waals surface area contributed by atoms with E-state index < -0.39 is 6.30 Å². The lowest BCUT2D eigenvalue weighted by Crippen LogP contribution is -2.20. The molecule has 2 nitrogen and oxygen atoms in total. The molecule has 0 aliphatic carbocycles. The van der Waals surface area contributed by atoms with Gasteiger partial charge in [-0.2, -0.15) is 13.2 Å². The van der Waals surface area contributed by atoms with E-state index in [4.69, 9.17) is 0 Å². The van der Waals surface area contributed by atoms with Crippen molar-refractivity contribution in [3.8, 4) is 0 Å². The Morgan fingerprint density at radius 3 is 2.07 bits per heavy atom. The molecule has 0 unspecified atom stereocenters. The van der Waals surface area contributed by atoms with Crippen molar-refractivity contribution >= 4 is 11.5 Å². The molecule has 0 radical (unpaired) electrons. The summed E-state index contributed by atoms with van der Waals surface area (Å²) in [7, 11) is 0. The van der Waals surface area contributed by atoms with Gasteiger partial charge < -0.3 is 0 Å². The van der Waals surface area contributed by atoms with Crippen molar-refractivity contribution in [2.24, 2.45) is 0 Å². The second kappa shape index (κ2) is 3.69. The van der Waals surface area contributed by atoms with Gasteiger partial charge in [0.05, 0.1) is 0 Å². The Morgan fingerprint density at radius 2 is 1.71 bits per heavy atom. The molecular weight excluding hydrogens is 195 g/mol. The van der Waals surface area contributed by atoms with Crippen molar-refractivity contribution in [3.05, 3.63) is 29.8 Å². The summed E-state index contributed by atoms with van der Waals surface area (Å²) in [6.45, 7) is 1.35. The molecule has 76 valence electrons. The van der Waals surface area contributed by atoms with Crippen LogP contribution in [0.1, 0.15) is 17.3 Å². The predicted octanol–water partition coefficient (Wildman–Crippen LogP) is 2.82. The van der Waals surface area contributed by atoms with Gasteiger partial charge in [-0.3, -0.25) is 10.1 Å². The quantitative estimate of drug-likeness (QED) is 0.591. The number of anilines is 1. The van der Waals surface area contributed by atoms with Crippen molar-refractivity contribution in [1.29, 1.82) is 0 Å². The fraction of sp³-hybridized carbons (Fsp3) is 0.222. The maximum atomic E-state index is 11.8. The number of ketones is 1. The number of benzene rings is 1. The first-order valence-corrected chi connectivity index (χ1v) is 3.84. The van der Waals surface area contributed by atoms with Crippen molar-refractivity contribution in [3.63, 3.8) is 0 Å². The Hall–Kier alpha value is -1.52. The van der Waals surface area contributed by atoms with Crippen LogP contribution in [-0.2, 0) is 0 Å². The number of hydrogen-bond donors (Lipinski definition) is 1. The third-order valence-corrected chi connectivity index (χ3v) is 1.58. The number of halogens is 3. The molecule has 0 saturated heterocycles. The molecule has 0 bridgehead atoms. The van der Waals surface area contributed by atoms with Gasteiger partial charge in [-0.05, 0) is 31.2 Å². The molecule has 0 saturated carbocycles. The summed E-state index contributed by atoms with van der Waals surface area (Å²) in [4.78, 5) is 10.8. The highest BCUT2D eigenvalue weighted by atomic mass is 19.4. The van der Waals surface area contributed by atoms with E-state index in [2.05, 4.69) is 0 Å². The van der Waals surface area contributed by atoms with Gasteiger partial charge in [-0.1, -0.05) is 0 Å². The number of hydrogen-bond acceptors (Lipinski definition) is 2. The minimum absolute atomic E-state index is 0.0810. The van der Waals surface area contributed by atoms with Crippen LogP contribution in [-0.4, -0.2) is 12.1 Å². The summed E-state index contributed by atoms with van der Waals surface area (Å²) >= 11 is 0. The number of carbonyl (C=O) groups excluding carboxylic acids is 1. The van der Waals surface area contributed by atoms with E-state index in [1.165, 1.54) is 36.5 Å². The molecule has 1 rings (SSSR count). The summed E-state index contributed by atoms with van der Waals surface area (Å²) < 4.78 is 35.5. The second-order valence-corrected chi connectivity index (χ2v) is 2.76. The number of nitrogens with one attached hydrogen (secondary N) is 1. The van der Waals surface area contributed by atoms with E-state index in [0.717, 1.165) is 0 Å². The maximum Gasteiger partial charge on any atom is 0.482 e. The first-order chi connectivity index (χ1) is 6.38. The van der Waals surface area contributed by atoms with Gasteiger partial charge in [-0.15, -0.1) is 0 Å². The molecule has 5 heteroatoms. The lowest BCUT2D eigenvalue weighted by atomic mass is 10.1. The molecule has 0 amide bonds. The van der Waals surface area contributed by atoms with Crippen molar-refractivity contribution in [2.75, 3.05) is 5.32 Å². The number of alkyl halides is 3. The molecule has 0 atom stereocenters. The average Bonchev–Trinajstić information content (AvgIpc) is 2.02. The van der Waals surface area contributed by atoms with Crippen LogP contribution < -0.4 is 5.32 Å². The van der Waals surface area contributed by atoms with E-state index >= 15 is 0 Å². The summed E-state index contributed by atoms with van der Waals surface area (Å²) in [5, 5.41) is 1.34. The first-order valence-electron chi connectivity index (χ1n) is 3.84. The molecule has 0 aliphatic rings. The standard InChI is InChI=1S/C9H8F3NO/c1-6(14)7-2-4-8(5-3-7)13-9(10,11)12/h2-5,13H,1H3. The molecule has 0 heterocycles. The third kappa shape index (κ3) is 3.08. The van der Waals surface area contributed by atoms with Crippen molar-refractivity contribution in [1.82, 2.24) is 0 Å². The third-order valence-electron chi connectivity index (χ3n) is 1.58. The first kappa shape index (κ1) is 10.6. The zero-order chi connectivity index (χ0) is 10.8. The summed E-state index contributed by atoms with van der Waals surface area (Å²) in [5.41, 5.74) is 0.306. The maximum absolute atomic E-state index is 11.8. The topological polar surface area (TPSA) is 29.1 Å². The lowest BCUT2D eigenvalue weighted by molar-refractivity contribution is -0.0999. The highest BCUT2D eigenvalue weighted by molar-refractivity contribution is 5.94. The zero-order valence-electron chi connectivity index (χ0n) is 7.35. The fourth-order valence-corrected chi connectivity index (χ4v) is 0.952.